The number of halogens is 1. The van der Waals surface area contributed by atoms with Crippen LogP contribution in [0.4, 0.5) is 0 Å². The van der Waals surface area contributed by atoms with E-state index in [9.17, 15) is 0 Å². The zero-order chi connectivity index (χ0) is 7.82. The van der Waals surface area contributed by atoms with Crippen LogP contribution < -0.4 is 0 Å². The standard InChI is InChI=1S/C8H15ClO/c1-2-3-4-5-6-8(10)7-9/h5-6,8,10H,2-4,7H2,1H3/b6-5+/t8-/m1/s1. The molecular formula is C8H15ClO. The van der Waals surface area contributed by atoms with E-state index in [1.807, 2.05) is 6.08 Å². The van der Waals surface area contributed by atoms with Crippen molar-refractivity contribution in [2.45, 2.75) is 32.3 Å². The Morgan fingerprint density at radius 3 is 2.80 bits per heavy atom. The maximum atomic E-state index is 8.94. The first kappa shape index (κ1) is 9.99. The van der Waals surface area contributed by atoms with Crippen molar-refractivity contribution in [2.24, 2.45) is 0 Å². The topological polar surface area (TPSA) is 20.2 Å². The van der Waals surface area contributed by atoms with Gasteiger partial charge in [-0.15, -0.1) is 11.6 Å². The van der Waals surface area contributed by atoms with Crippen LogP contribution in [-0.4, -0.2) is 17.1 Å². The maximum Gasteiger partial charge on any atom is 0.0856 e. The van der Waals surface area contributed by atoms with Gasteiger partial charge in [-0.3, -0.25) is 0 Å². The zero-order valence-corrected chi connectivity index (χ0v) is 7.14. The molecule has 0 aliphatic carbocycles. The fourth-order valence-electron chi connectivity index (χ4n) is 0.627. The van der Waals surface area contributed by atoms with E-state index in [1.54, 1.807) is 6.08 Å². The van der Waals surface area contributed by atoms with Gasteiger partial charge in [0.1, 0.15) is 0 Å². The highest BCUT2D eigenvalue weighted by Gasteiger charge is 1.91. The molecule has 0 aliphatic rings. The van der Waals surface area contributed by atoms with Crippen molar-refractivity contribution < 1.29 is 5.11 Å². The summed E-state index contributed by atoms with van der Waals surface area (Å²) in [6.07, 6.45) is 6.70. The fraction of sp³-hybridized carbons (Fsp3) is 0.750. The van der Waals surface area contributed by atoms with Gasteiger partial charge in [-0.05, 0) is 6.42 Å². The van der Waals surface area contributed by atoms with Crippen molar-refractivity contribution >= 4 is 11.6 Å². The van der Waals surface area contributed by atoms with E-state index in [2.05, 4.69) is 6.92 Å². The molecule has 0 heterocycles. The molecule has 0 spiro atoms. The van der Waals surface area contributed by atoms with E-state index in [-0.39, 0.29) is 0 Å². The molecule has 0 aliphatic heterocycles. The Bertz CT molecular complexity index is 91.3. The normalized spacial score (nSPS) is 14.3. The Hall–Kier alpha value is -0.0100. The summed E-state index contributed by atoms with van der Waals surface area (Å²) in [7, 11) is 0. The summed E-state index contributed by atoms with van der Waals surface area (Å²) in [5.74, 6) is 0.294. The molecule has 10 heavy (non-hydrogen) atoms. The van der Waals surface area contributed by atoms with Crippen LogP contribution in [0, 0.1) is 0 Å². The van der Waals surface area contributed by atoms with Crippen LogP contribution in [0.1, 0.15) is 26.2 Å². The third-order valence-corrected chi connectivity index (χ3v) is 1.56. The molecular weight excluding hydrogens is 148 g/mol. The smallest absolute Gasteiger partial charge is 0.0856 e. The third kappa shape index (κ3) is 6.12. The van der Waals surface area contributed by atoms with Gasteiger partial charge in [0.2, 0.25) is 0 Å². The van der Waals surface area contributed by atoms with E-state index in [4.69, 9.17) is 16.7 Å². The zero-order valence-electron chi connectivity index (χ0n) is 6.39. The Labute approximate surface area is 67.7 Å². The Balaban J connectivity index is 3.18. The van der Waals surface area contributed by atoms with Gasteiger partial charge in [-0.1, -0.05) is 31.9 Å². The number of aliphatic hydroxyl groups is 1. The number of allylic oxidation sites excluding steroid dienone is 1. The van der Waals surface area contributed by atoms with Crippen LogP contribution in [0.5, 0.6) is 0 Å². The fourth-order valence-corrected chi connectivity index (χ4v) is 0.730. The molecule has 0 aromatic rings. The van der Waals surface area contributed by atoms with Gasteiger partial charge < -0.3 is 5.11 Å². The van der Waals surface area contributed by atoms with E-state index in [0.717, 1.165) is 6.42 Å². The van der Waals surface area contributed by atoms with Crippen LogP contribution in [0.2, 0.25) is 0 Å². The molecule has 0 radical (unpaired) electrons. The van der Waals surface area contributed by atoms with E-state index in [1.165, 1.54) is 12.8 Å². The largest absolute Gasteiger partial charge is 0.388 e. The molecule has 0 unspecified atom stereocenters. The lowest BCUT2D eigenvalue weighted by Gasteiger charge is -1.96. The third-order valence-electron chi connectivity index (χ3n) is 1.24. The van der Waals surface area contributed by atoms with Crippen molar-refractivity contribution in [3.8, 4) is 0 Å². The minimum atomic E-state index is -0.460. The molecule has 0 rings (SSSR count). The first-order chi connectivity index (χ1) is 4.81. The lowest BCUT2D eigenvalue weighted by Crippen LogP contribution is -2.02. The summed E-state index contributed by atoms with van der Waals surface area (Å²) < 4.78 is 0. The van der Waals surface area contributed by atoms with Crippen LogP contribution >= 0.6 is 11.6 Å². The molecule has 1 atom stereocenters. The van der Waals surface area contributed by atoms with E-state index >= 15 is 0 Å². The van der Waals surface area contributed by atoms with Crippen molar-refractivity contribution in [3.05, 3.63) is 12.2 Å². The summed E-state index contributed by atoms with van der Waals surface area (Å²) in [6.45, 7) is 2.14. The predicted molar refractivity (Wildman–Crippen MR) is 45.4 cm³/mol. The predicted octanol–water partition coefficient (Wildman–Crippen LogP) is 2.33. The first-order valence-corrected chi connectivity index (χ1v) is 4.25. The minimum absolute atomic E-state index is 0.294. The van der Waals surface area contributed by atoms with E-state index in [0.29, 0.717) is 5.88 Å². The summed E-state index contributed by atoms with van der Waals surface area (Å²) in [5.41, 5.74) is 0. The quantitative estimate of drug-likeness (QED) is 0.374. The van der Waals surface area contributed by atoms with Gasteiger partial charge in [-0.2, -0.15) is 0 Å². The van der Waals surface area contributed by atoms with Gasteiger partial charge in [0.05, 0.1) is 12.0 Å². The lowest BCUT2D eigenvalue weighted by molar-refractivity contribution is 0.247. The molecule has 1 N–H and O–H groups in total. The number of unbranched alkanes of at least 4 members (excludes halogenated alkanes) is 2. The summed E-state index contributed by atoms with van der Waals surface area (Å²) in [6, 6.07) is 0. The number of alkyl halides is 1. The number of aliphatic hydroxyl groups excluding tert-OH is 1. The second kappa shape index (κ2) is 7.10. The van der Waals surface area contributed by atoms with Gasteiger partial charge in [0, 0.05) is 0 Å². The van der Waals surface area contributed by atoms with Crippen LogP contribution in [-0.2, 0) is 0 Å². The van der Waals surface area contributed by atoms with Gasteiger partial charge in [0.15, 0.2) is 0 Å². The number of rotatable bonds is 5. The average Bonchev–Trinajstić information content (AvgIpc) is 1.98. The molecule has 0 aromatic heterocycles. The molecule has 0 aromatic carbocycles. The number of hydrogen-bond donors (Lipinski definition) is 1. The Morgan fingerprint density at radius 1 is 1.60 bits per heavy atom. The second-order valence-corrected chi connectivity index (χ2v) is 2.60. The molecule has 0 bridgehead atoms. The monoisotopic (exact) mass is 162 g/mol. The molecule has 1 nitrogen and oxygen atoms in total. The SMILES string of the molecule is CCCC/C=C/[C@@H](O)CCl. The maximum absolute atomic E-state index is 8.94. The molecule has 0 saturated heterocycles. The highest BCUT2D eigenvalue weighted by Crippen LogP contribution is 1.97. The molecule has 60 valence electrons. The Kier molecular flexibility index (Phi) is 7.09. The van der Waals surface area contributed by atoms with Crippen LogP contribution in [0.15, 0.2) is 12.2 Å². The van der Waals surface area contributed by atoms with Crippen molar-refractivity contribution in [3.63, 3.8) is 0 Å². The highest BCUT2D eigenvalue weighted by atomic mass is 35.5. The second-order valence-electron chi connectivity index (χ2n) is 2.29. The van der Waals surface area contributed by atoms with Crippen LogP contribution in [0.25, 0.3) is 0 Å². The first-order valence-electron chi connectivity index (χ1n) is 3.72. The highest BCUT2D eigenvalue weighted by molar-refractivity contribution is 6.18. The van der Waals surface area contributed by atoms with Gasteiger partial charge in [0.25, 0.3) is 0 Å². The van der Waals surface area contributed by atoms with Crippen LogP contribution in [0.3, 0.4) is 0 Å². The van der Waals surface area contributed by atoms with Crippen molar-refractivity contribution in [1.82, 2.24) is 0 Å². The summed E-state index contributed by atoms with van der Waals surface area (Å²) in [5, 5.41) is 8.94. The number of hydrogen-bond acceptors (Lipinski definition) is 1. The summed E-state index contributed by atoms with van der Waals surface area (Å²) in [4.78, 5) is 0. The molecule has 2 heteroatoms. The Morgan fingerprint density at radius 2 is 2.30 bits per heavy atom. The lowest BCUT2D eigenvalue weighted by atomic mass is 10.2. The molecule has 0 amide bonds. The molecule has 0 saturated carbocycles. The van der Waals surface area contributed by atoms with Crippen molar-refractivity contribution in [2.75, 3.05) is 5.88 Å². The molecule has 0 fully saturated rings. The van der Waals surface area contributed by atoms with Crippen molar-refractivity contribution in [1.29, 1.82) is 0 Å². The van der Waals surface area contributed by atoms with Gasteiger partial charge >= 0.3 is 0 Å². The summed E-state index contributed by atoms with van der Waals surface area (Å²) >= 11 is 5.36. The minimum Gasteiger partial charge on any atom is -0.388 e. The average molecular weight is 163 g/mol. The van der Waals surface area contributed by atoms with Gasteiger partial charge in [-0.25, -0.2) is 0 Å². The van der Waals surface area contributed by atoms with E-state index < -0.39 is 6.10 Å².